The van der Waals surface area contributed by atoms with Crippen LogP contribution in [0.3, 0.4) is 0 Å². The summed E-state index contributed by atoms with van der Waals surface area (Å²) in [4.78, 5) is 12.3. The third-order valence-corrected chi connectivity index (χ3v) is 4.22. The second-order valence-electron chi connectivity index (χ2n) is 5.14. The highest BCUT2D eigenvalue weighted by Crippen LogP contribution is 2.31. The number of carbonyl (C=O) groups excluding carboxylic acids is 1. The zero-order chi connectivity index (χ0) is 18.6. The van der Waals surface area contributed by atoms with Gasteiger partial charge >= 0.3 is 12.2 Å². The van der Waals surface area contributed by atoms with Crippen molar-refractivity contribution in [3.63, 3.8) is 0 Å². The zero-order valence-electron chi connectivity index (χ0n) is 13.2. The van der Waals surface area contributed by atoms with E-state index in [0.29, 0.717) is 10.5 Å². The summed E-state index contributed by atoms with van der Waals surface area (Å²) in [5.41, 5.74) is -0.0499. The number of halogens is 3. The smallest absolute Gasteiger partial charge is 0.403 e. The van der Waals surface area contributed by atoms with Crippen molar-refractivity contribution in [2.45, 2.75) is 11.1 Å². The van der Waals surface area contributed by atoms with E-state index >= 15 is 0 Å². The molecule has 9 heteroatoms. The summed E-state index contributed by atoms with van der Waals surface area (Å²) in [6.07, 6.45) is -4.42. The number of amides is 1. The summed E-state index contributed by atoms with van der Waals surface area (Å²) in [5.74, 6) is -0.299. The molecule has 26 heavy (non-hydrogen) atoms. The number of hydrogen-bond donors (Lipinski definition) is 1. The maximum atomic E-state index is 12.7. The van der Waals surface area contributed by atoms with Crippen molar-refractivity contribution in [3.8, 4) is 11.5 Å². The minimum Gasteiger partial charge on any atom is -0.403 e. The van der Waals surface area contributed by atoms with Gasteiger partial charge in [-0.25, -0.2) is 0 Å². The van der Waals surface area contributed by atoms with E-state index in [2.05, 4.69) is 15.5 Å². The van der Waals surface area contributed by atoms with Gasteiger partial charge in [-0.05, 0) is 30.3 Å². The van der Waals surface area contributed by atoms with Gasteiger partial charge in [0.05, 0.1) is 11.3 Å². The van der Waals surface area contributed by atoms with Crippen LogP contribution < -0.4 is 5.32 Å². The Morgan fingerprint density at radius 1 is 1.08 bits per heavy atom. The van der Waals surface area contributed by atoms with Crippen LogP contribution in [-0.2, 0) is 11.0 Å². The lowest BCUT2D eigenvalue weighted by molar-refractivity contribution is -0.137. The molecule has 1 aromatic heterocycles. The molecule has 0 saturated carbocycles. The minimum absolute atomic E-state index is 0.0708. The van der Waals surface area contributed by atoms with Crippen molar-refractivity contribution >= 4 is 23.7 Å². The maximum absolute atomic E-state index is 12.7. The predicted molar refractivity (Wildman–Crippen MR) is 90.5 cm³/mol. The Morgan fingerprint density at radius 2 is 1.85 bits per heavy atom. The molecule has 1 heterocycles. The van der Waals surface area contributed by atoms with Gasteiger partial charge in [0.1, 0.15) is 0 Å². The van der Waals surface area contributed by atoms with Crippen molar-refractivity contribution in [1.82, 2.24) is 10.2 Å². The van der Waals surface area contributed by atoms with E-state index in [4.69, 9.17) is 4.42 Å². The van der Waals surface area contributed by atoms with Crippen molar-refractivity contribution in [3.05, 3.63) is 60.2 Å². The van der Waals surface area contributed by atoms with E-state index in [-0.39, 0.29) is 17.7 Å². The Bertz CT molecular complexity index is 898. The van der Waals surface area contributed by atoms with Gasteiger partial charge in [0, 0.05) is 10.5 Å². The fourth-order valence-electron chi connectivity index (χ4n) is 2.04. The van der Waals surface area contributed by atoms with Gasteiger partial charge < -0.3 is 4.42 Å². The van der Waals surface area contributed by atoms with Gasteiger partial charge in [0.25, 0.3) is 0 Å². The molecule has 0 bridgehead atoms. The second-order valence-corrected chi connectivity index (χ2v) is 6.19. The fraction of sp³-hybridized carbons (Fsp3) is 0.118. The monoisotopic (exact) mass is 379 g/mol. The molecular formula is C17H12F3N3O2S. The molecule has 1 amide bonds. The highest BCUT2D eigenvalue weighted by Gasteiger charge is 2.30. The average molecular weight is 379 g/mol. The Labute approximate surface area is 150 Å². The molecule has 0 unspecified atom stereocenters. The largest absolute Gasteiger partial charge is 0.416 e. The predicted octanol–water partition coefficient (Wildman–Crippen LogP) is 4.49. The standard InChI is InChI=1S/C17H12F3N3O2S/c18-17(19,20)12-7-4-8-13(9-12)26-10-14(24)21-16-23-22-15(25-16)11-5-2-1-3-6-11/h1-9H,10H2,(H,21,23,24). The summed E-state index contributed by atoms with van der Waals surface area (Å²) < 4.78 is 43.4. The summed E-state index contributed by atoms with van der Waals surface area (Å²) in [5, 5.41) is 9.99. The van der Waals surface area contributed by atoms with E-state index in [9.17, 15) is 18.0 Å². The molecule has 0 fully saturated rings. The quantitative estimate of drug-likeness (QED) is 0.662. The normalized spacial score (nSPS) is 11.3. The maximum Gasteiger partial charge on any atom is 0.416 e. The lowest BCUT2D eigenvalue weighted by atomic mass is 10.2. The molecule has 134 valence electrons. The van der Waals surface area contributed by atoms with Crippen LogP contribution in [0.5, 0.6) is 0 Å². The molecule has 5 nitrogen and oxygen atoms in total. The van der Waals surface area contributed by atoms with Crippen LogP contribution in [0.2, 0.25) is 0 Å². The molecule has 0 aliphatic heterocycles. The molecule has 0 saturated heterocycles. The second kappa shape index (κ2) is 7.61. The lowest BCUT2D eigenvalue weighted by Gasteiger charge is -2.08. The zero-order valence-corrected chi connectivity index (χ0v) is 14.0. The van der Waals surface area contributed by atoms with Crippen LogP contribution in [0.1, 0.15) is 5.56 Å². The van der Waals surface area contributed by atoms with Gasteiger partial charge in [-0.2, -0.15) is 13.2 Å². The Hall–Kier alpha value is -2.81. The van der Waals surface area contributed by atoms with Crippen LogP contribution in [0, 0.1) is 0 Å². The SMILES string of the molecule is O=C(CSc1cccc(C(F)(F)F)c1)Nc1nnc(-c2ccccc2)o1. The number of benzene rings is 2. The first-order valence-corrected chi connectivity index (χ1v) is 8.39. The van der Waals surface area contributed by atoms with Gasteiger partial charge in [0.15, 0.2) is 0 Å². The van der Waals surface area contributed by atoms with Crippen molar-refractivity contribution < 1.29 is 22.4 Å². The number of nitrogens with zero attached hydrogens (tertiary/aromatic N) is 2. The third-order valence-electron chi connectivity index (χ3n) is 3.22. The van der Waals surface area contributed by atoms with E-state index < -0.39 is 17.6 Å². The van der Waals surface area contributed by atoms with E-state index in [1.807, 2.05) is 18.2 Å². The van der Waals surface area contributed by atoms with Gasteiger partial charge in [0.2, 0.25) is 11.8 Å². The van der Waals surface area contributed by atoms with Gasteiger partial charge in [-0.15, -0.1) is 16.9 Å². The molecule has 1 N–H and O–H groups in total. The Kier molecular flexibility index (Phi) is 5.27. The number of rotatable bonds is 5. The van der Waals surface area contributed by atoms with Gasteiger partial charge in [-0.1, -0.05) is 29.4 Å². The molecule has 2 aromatic carbocycles. The summed E-state index contributed by atoms with van der Waals surface area (Å²) in [7, 11) is 0. The number of hydrogen-bond acceptors (Lipinski definition) is 5. The van der Waals surface area contributed by atoms with Crippen LogP contribution in [0.15, 0.2) is 63.9 Å². The number of nitrogens with one attached hydrogen (secondary N) is 1. The van der Waals surface area contributed by atoms with E-state index in [1.165, 1.54) is 12.1 Å². The van der Waals surface area contributed by atoms with Crippen LogP contribution >= 0.6 is 11.8 Å². The molecule has 0 aliphatic carbocycles. The molecule has 3 rings (SSSR count). The molecule has 0 spiro atoms. The number of anilines is 1. The van der Waals surface area contributed by atoms with Crippen molar-refractivity contribution in [2.24, 2.45) is 0 Å². The van der Waals surface area contributed by atoms with Gasteiger partial charge in [-0.3, -0.25) is 10.1 Å². The van der Waals surface area contributed by atoms with Crippen LogP contribution in [-0.4, -0.2) is 21.9 Å². The third kappa shape index (κ3) is 4.63. The Balaban J connectivity index is 1.58. The summed E-state index contributed by atoms with van der Waals surface area (Å²) in [6, 6.07) is 13.7. The first-order valence-electron chi connectivity index (χ1n) is 7.40. The highest BCUT2D eigenvalue weighted by atomic mass is 32.2. The Morgan fingerprint density at radius 3 is 2.58 bits per heavy atom. The number of thioether (sulfide) groups is 1. The molecule has 0 aliphatic rings. The molecule has 0 radical (unpaired) electrons. The van der Waals surface area contributed by atoms with Crippen LogP contribution in [0.4, 0.5) is 19.2 Å². The van der Waals surface area contributed by atoms with E-state index in [0.717, 1.165) is 23.9 Å². The highest BCUT2D eigenvalue weighted by molar-refractivity contribution is 8.00. The number of carbonyl (C=O) groups is 1. The summed E-state index contributed by atoms with van der Waals surface area (Å²) >= 11 is 0.979. The fourth-order valence-corrected chi connectivity index (χ4v) is 2.79. The lowest BCUT2D eigenvalue weighted by Crippen LogP contribution is -2.14. The average Bonchev–Trinajstić information content (AvgIpc) is 3.09. The topological polar surface area (TPSA) is 68.0 Å². The van der Waals surface area contributed by atoms with Crippen molar-refractivity contribution in [2.75, 3.05) is 11.1 Å². The first kappa shape index (κ1) is 18.0. The number of alkyl halides is 3. The minimum atomic E-state index is -4.42. The van der Waals surface area contributed by atoms with Crippen molar-refractivity contribution in [1.29, 1.82) is 0 Å². The molecule has 0 atom stereocenters. The number of aromatic nitrogens is 2. The molecule has 3 aromatic rings. The summed E-state index contributed by atoms with van der Waals surface area (Å²) in [6.45, 7) is 0. The van der Waals surface area contributed by atoms with E-state index in [1.54, 1.807) is 12.1 Å². The molecular weight excluding hydrogens is 367 g/mol. The first-order chi connectivity index (χ1) is 12.4. The van der Waals surface area contributed by atoms with Crippen LogP contribution in [0.25, 0.3) is 11.5 Å².